The van der Waals surface area contributed by atoms with E-state index in [2.05, 4.69) is 62.4 Å². The maximum Gasteiger partial charge on any atom is 0.112 e. The van der Waals surface area contributed by atoms with Gasteiger partial charge in [-0.3, -0.25) is 4.68 Å². The van der Waals surface area contributed by atoms with E-state index in [1.807, 2.05) is 28.9 Å². The third-order valence-electron chi connectivity index (χ3n) is 4.77. The van der Waals surface area contributed by atoms with E-state index in [4.69, 9.17) is 28.3 Å². The molecule has 0 aliphatic rings. The molecule has 4 heteroatoms. The van der Waals surface area contributed by atoms with E-state index in [1.165, 1.54) is 11.1 Å². The third-order valence-corrected chi connectivity index (χ3v) is 5.36. The summed E-state index contributed by atoms with van der Waals surface area (Å²) in [7, 11) is 0. The van der Waals surface area contributed by atoms with E-state index < -0.39 is 0 Å². The first-order valence-electron chi connectivity index (χ1n) is 9.16. The van der Waals surface area contributed by atoms with Crippen LogP contribution in [-0.4, -0.2) is 9.78 Å². The Hall–Kier alpha value is -2.55. The molecular weight excluding hydrogens is 387 g/mol. The third kappa shape index (κ3) is 3.84. The summed E-state index contributed by atoms with van der Waals surface area (Å²) in [5.74, 6) is 0. The number of rotatable bonds is 4. The van der Waals surface area contributed by atoms with Crippen LogP contribution in [0.25, 0.3) is 22.5 Å². The first kappa shape index (κ1) is 18.8. The summed E-state index contributed by atoms with van der Waals surface area (Å²) in [6.07, 6.45) is 0. The Morgan fingerprint density at radius 2 is 1.39 bits per heavy atom. The molecule has 28 heavy (non-hydrogen) atoms. The second-order valence-corrected chi connectivity index (χ2v) is 7.85. The van der Waals surface area contributed by atoms with E-state index in [9.17, 15) is 0 Å². The van der Waals surface area contributed by atoms with Crippen LogP contribution in [0.4, 0.5) is 0 Å². The van der Waals surface area contributed by atoms with Crippen LogP contribution in [0.15, 0.2) is 72.8 Å². The Labute approximate surface area is 175 Å². The molecule has 0 bridgehead atoms. The number of benzene rings is 3. The van der Waals surface area contributed by atoms with Gasteiger partial charge in [-0.2, -0.15) is 5.10 Å². The summed E-state index contributed by atoms with van der Waals surface area (Å²) in [5.41, 5.74) is 7.25. The van der Waals surface area contributed by atoms with Crippen LogP contribution >= 0.6 is 23.2 Å². The standard InChI is InChI=1S/C24H20Cl2N2/c1-16-6-10-19(11-7-16)23-22(26)24(20-12-8-17(2)9-13-20)28(27-23)15-18-4-3-5-21(25)14-18/h3-14H,15H2,1-2H3. The zero-order valence-corrected chi connectivity index (χ0v) is 17.3. The largest absolute Gasteiger partial charge is 0.258 e. The summed E-state index contributed by atoms with van der Waals surface area (Å²) in [5, 5.41) is 6.25. The van der Waals surface area contributed by atoms with Crippen LogP contribution in [-0.2, 0) is 6.54 Å². The lowest BCUT2D eigenvalue weighted by Crippen LogP contribution is -2.04. The van der Waals surface area contributed by atoms with Gasteiger partial charge in [-0.15, -0.1) is 0 Å². The quantitative estimate of drug-likeness (QED) is 0.350. The molecule has 3 aromatic carbocycles. The Bertz CT molecular complexity index is 1110. The highest BCUT2D eigenvalue weighted by atomic mass is 35.5. The van der Waals surface area contributed by atoms with Gasteiger partial charge in [-0.1, -0.05) is 95.0 Å². The normalized spacial score (nSPS) is 11.0. The van der Waals surface area contributed by atoms with E-state index in [0.29, 0.717) is 16.6 Å². The molecule has 0 N–H and O–H groups in total. The fourth-order valence-corrected chi connectivity index (χ4v) is 3.81. The predicted molar refractivity (Wildman–Crippen MR) is 118 cm³/mol. The highest BCUT2D eigenvalue weighted by Gasteiger charge is 2.19. The van der Waals surface area contributed by atoms with Crippen LogP contribution in [0.3, 0.4) is 0 Å². The number of nitrogens with zero attached hydrogens (tertiary/aromatic N) is 2. The van der Waals surface area contributed by atoms with Crippen molar-refractivity contribution in [1.82, 2.24) is 9.78 Å². The Morgan fingerprint density at radius 3 is 2.00 bits per heavy atom. The van der Waals surface area contributed by atoms with Crippen molar-refractivity contribution in [2.24, 2.45) is 0 Å². The first-order chi connectivity index (χ1) is 13.5. The van der Waals surface area contributed by atoms with Crippen molar-refractivity contribution in [3.63, 3.8) is 0 Å². The van der Waals surface area contributed by atoms with Gasteiger partial charge in [0, 0.05) is 16.1 Å². The minimum absolute atomic E-state index is 0.593. The zero-order valence-electron chi connectivity index (χ0n) is 15.8. The van der Waals surface area contributed by atoms with Gasteiger partial charge in [0.15, 0.2) is 0 Å². The van der Waals surface area contributed by atoms with Gasteiger partial charge in [-0.25, -0.2) is 0 Å². The minimum atomic E-state index is 0.593. The molecule has 4 rings (SSSR count). The monoisotopic (exact) mass is 406 g/mol. The molecule has 4 aromatic rings. The van der Waals surface area contributed by atoms with Crippen molar-refractivity contribution in [3.8, 4) is 22.5 Å². The van der Waals surface area contributed by atoms with E-state index >= 15 is 0 Å². The van der Waals surface area contributed by atoms with Crippen LogP contribution in [0, 0.1) is 13.8 Å². The molecule has 0 unspecified atom stereocenters. The van der Waals surface area contributed by atoms with Crippen molar-refractivity contribution in [1.29, 1.82) is 0 Å². The molecule has 0 fully saturated rings. The first-order valence-corrected chi connectivity index (χ1v) is 9.91. The highest BCUT2D eigenvalue weighted by molar-refractivity contribution is 6.35. The van der Waals surface area contributed by atoms with Crippen LogP contribution in [0.2, 0.25) is 10.0 Å². The van der Waals surface area contributed by atoms with Gasteiger partial charge >= 0.3 is 0 Å². The molecule has 0 saturated carbocycles. The second-order valence-electron chi connectivity index (χ2n) is 7.03. The number of aryl methyl sites for hydroxylation is 2. The lowest BCUT2D eigenvalue weighted by Gasteiger charge is -2.09. The summed E-state index contributed by atoms with van der Waals surface area (Å²) in [4.78, 5) is 0. The maximum atomic E-state index is 6.87. The fourth-order valence-electron chi connectivity index (χ4n) is 3.25. The number of aromatic nitrogens is 2. The summed E-state index contributed by atoms with van der Waals surface area (Å²) >= 11 is 13.0. The van der Waals surface area contributed by atoms with E-state index in [-0.39, 0.29) is 0 Å². The molecule has 0 amide bonds. The van der Waals surface area contributed by atoms with Crippen molar-refractivity contribution in [3.05, 3.63) is 99.5 Å². The topological polar surface area (TPSA) is 17.8 Å². The Balaban J connectivity index is 1.86. The van der Waals surface area contributed by atoms with Crippen molar-refractivity contribution in [2.45, 2.75) is 20.4 Å². The van der Waals surface area contributed by atoms with Gasteiger partial charge in [0.1, 0.15) is 5.69 Å². The van der Waals surface area contributed by atoms with Gasteiger partial charge < -0.3 is 0 Å². The number of halogens is 2. The van der Waals surface area contributed by atoms with Gasteiger partial charge in [-0.05, 0) is 31.5 Å². The van der Waals surface area contributed by atoms with Gasteiger partial charge in [0.05, 0.1) is 17.3 Å². The molecule has 0 spiro atoms. The molecular formula is C24H20Cl2N2. The van der Waals surface area contributed by atoms with Crippen molar-refractivity contribution < 1.29 is 0 Å². The number of hydrogen-bond donors (Lipinski definition) is 0. The SMILES string of the molecule is Cc1ccc(-c2nn(Cc3cccc(Cl)c3)c(-c3ccc(C)cc3)c2Cl)cc1. The van der Waals surface area contributed by atoms with Crippen molar-refractivity contribution >= 4 is 23.2 Å². The molecule has 0 aliphatic heterocycles. The second kappa shape index (κ2) is 7.83. The highest BCUT2D eigenvalue weighted by Crippen LogP contribution is 2.37. The minimum Gasteiger partial charge on any atom is -0.258 e. The average Bonchev–Trinajstić information content (AvgIpc) is 2.99. The lowest BCUT2D eigenvalue weighted by atomic mass is 10.1. The molecule has 1 heterocycles. The molecule has 140 valence electrons. The molecule has 0 saturated heterocycles. The summed E-state index contributed by atoms with van der Waals surface area (Å²) in [6.45, 7) is 4.74. The maximum absolute atomic E-state index is 6.87. The molecule has 0 radical (unpaired) electrons. The van der Waals surface area contributed by atoms with Crippen LogP contribution in [0.1, 0.15) is 16.7 Å². The molecule has 2 nitrogen and oxygen atoms in total. The van der Waals surface area contributed by atoms with E-state index in [0.717, 1.165) is 28.1 Å². The predicted octanol–water partition coefficient (Wildman–Crippen LogP) is 7.19. The average molecular weight is 407 g/mol. The van der Waals surface area contributed by atoms with Crippen LogP contribution < -0.4 is 0 Å². The lowest BCUT2D eigenvalue weighted by molar-refractivity contribution is 0.697. The summed E-state index contributed by atoms with van der Waals surface area (Å²) in [6, 6.07) is 24.5. The Kier molecular flexibility index (Phi) is 5.25. The Morgan fingerprint density at radius 1 is 0.786 bits per heavy atom. The smallest absolute Gasteiger partial charge is 0.112 e. The van der Waals surface area contributed by atoms with Crippen molar-refractivity contribution in [2.75, 3.05) is 0 Å². The molecule has 0 atom stereocenters. The van der Waals surface area contributed by atoms with Gasteiger partial charge in [0.25, 0.3) is 0 Å². The molecule has 1 aromatic heterocycles. The summed E-state index contributed by atoms with van der Waals surface area (Å²) < 4.78 is 1.97. The molecule has 0 aliphatic carbocycles. The zero-order chi connectivity index (χ0) is 19.7. The van der Waals surface area contributed by atoms with E-state index in [1.54, 1.807) is 0 Å². The van der Waals surface area contributed by atoms with Gasteiger partial charge in [0.2, 0.25) is 0 Å². The number of hydrogen-bond acceptors (Lipinski definition) is 1. The van der Waals surface area contributed by atoms with Crippen LogP contribution in [0.5, 0.6) is 0 Å². The fraction of sp³-hybridized carbons (Fsp3) is 0.125.